The highest BCUT2D eigenvalue weighted by Crippen LogP contribution is 2.39. The van der Waals surface area contributed by atoms with Crippen molar-refractivity contribution in [1.29, 1.82) is 0 Å². The summed E-state index contributed by atoms with van der Waals surface area (Å²) in [5.74, 6) is -0.982. The molecule has 1 fully saturated rings. The predicted octanol–water partition coefficient (Wildman–Crippen LogP) is 2.44. The van der Waals surface area contributed by atoms with Gasteiger partial charge in [0.2, 0.25) is 15.9 Å². The van der Waals surface area contributed by atoms with Crippen molar-refractivity contribution in [2.24, 2.45) is 0 Å². The molecule has 34 heavy (non-hydrogen) atoms. The maximum Gasteiger partial charge on any atom is 0.325 e. The van der Waals surface area contributed by atoms with Crippen LogP contribution in [0.3, 0.4) is 0 Å². The molecule has 1 aliphatic heterocycles. The molecule has 1 heterocycles. The summed E-state index contributed by atoms with van der Waals surface area (Å²) in [5.41, 5.74) is 1.04. The topological polar surface area (TPSA) is 116 Å². The Labute approximate surface area is 199 Å². The van der Waals surface area contributed by atoms with Crippen molar-refractivity contribution in [3.63, 3.8) is 0 Å². The number of amides is 4. The summed E-state index contributed by atoms with van der Waals surface area (Å²) in [5, 5.41) is 5.46. The van der Waals surface area contributed by atoms with Crippen molar-refractivity contribution in [1.82, 2.24) is 14.5 Å². The van der Waals surface area contributed by atoms with E-state index in [1.165, 1.54) is 28.6 Å². The minimum Gasteiger partial charge on any atom is -0.325 e. The summed E-state index contributed by atoms with van der Waals surface area (Å²) >= 11 is 0. The number of hydrogen-bond donors (Lipinski definition) is 2. The van der Waals surface area contributed by atoms with E-state index in [-0.39, 0.29) is 4.90 Å². The van der Waals surface area contributed by atoms with Crippen molar-refractivity contribution in [3.05, 3.63) is 59.7 Å². The minimum atomic E-state index is -3.61. The van der Waals surface area contributed by atoms with Gasteiger partial charge in [0.25, 0.3) is 5.91 Å². The molecule has 180 valence electrons. The van der Waals surface area contributed by atoms with Crippen LogP contribution in [0.1, 0.15) is 37.8 Å². The first-order valence-electron chi connectivity index (χ1n) is 11.4. The average molecular weight is 485 g/mol. The van der Waals surface area contributed by atoms with Gasteiger partial charge in [-0.25, -0.2) is 13.2 Å². The minimum absolute atomic E-state index is 0.126. The van der Waals surface area contributed by atoms with E-state index in [1.54, 1.807) is 13.8 Å². The highest BCUT2D eigenvalue weighted by atomic mass is 32.2. The molecular formula is C24H28N4O5S. The van der Waals surface area contributed by atoms with Crippen LogP contribution in [0.25, 0.3) is 0 Å². The van der Waals surface area contributed by atoms with Gasteiger partial charge in [-0.05, 0) is 54.7 Å². The van der Waals surface area contributed by atoms with Crippen LogP contribution >= 0.6 is 0 Å². The summed E-state index contributed by atoms with van der Waals surface area (Å²) in [6.45, 7) is 3.81. The van der Waals surface area contributed by atoms with Gasteiger partial charge < -0.3 is 10.6 Å². The summed E-state index contributed by atoms with van der Waals surface area (Å²) in [6.07, 6.45) is 2.07. The smallest absolute Gasteiger partial charge is 0.325 e. The maximum absolute atomic E-state index is 13.3. The monoisotopic (exact) mass is 484 g/mol. The van der Waals surface area contributed by atoms with E-state index in [4.69, 9.17) is 0 Å². The predicted molar refractivity (Wildman–Crippen MR) is 126 cm³/mol. The van der Waals surface area contributed by atoms with E-state index in [1.807, 2.05) is 24.3 Å². The van der Waals surface area contributed by atoms with Crippen molar-refractivity contribution < 1.29 is 22.8 Å². The molecular weight excluding hydrogens is 456 g/mol. The highest BCUT2D eigenvalue weighted by molar-refractivity contribution is 7.89. The van der Waals surface area contributed by atoms with Crippen LogP contribution in [-0.2, 0) is 31.6 Å². The lowest BCUT2D eigenvalue weighted by atomic mass is 9.76. The van der Waals surface area contributed by atoms with Crippen molar-refractivity contribution in [3.8, 4) is 0 Å². The van der Waals surface area contributed by atoms with Crippen LogP contribution in [0.2, 0.25) is 0 Å². The molecule has 1 atom stereocenters. The molecule has 2 aliphatic rings. The Balaban J connectivity index is 1.46. The number of carbonyl (C=O) groups is 3. The van der Waals surface area contributed by atoms with Gasteiger partial charge in [-0.1, -0.05) is 38.1 Å². The van der Waals surface area contributed by atoms with Crippen LogP contribution in [-0.4, -0.2) is 55.1 Å². The van der Waals surface area contributed by atoms with Crippen LogP contribution in [0.5, 0.6) is 0 Å². The number of anilines is 1. The van der Waals surface area contributed by atoms with E-state index in [2.05, 4.69) is 10.6 Å². The molecule has 4 rings (SSSR count). The molecule has 0 unspecified atom stereocenters. The maximum atomic E-state index is 13.3. The fourth-order valence-electron chi connectivity index (χ4n) is 4.72. The van der Waals surface area contributed by atoms with Crippen LogP contribution in [0, 0.1) is 0 Å². The molecule has 0 bridgehead atoms. The van der Waals surface area contributed by atoms with Crippen LogP contribution in [0.4, 0.5) is 10.5 Å². The van der Waals surface area contributed by atoms with Gasteiger partial charge in [0.1, 0.15) is 12.1 Å². The quantitative estimate of drug-likeness (QED) is 0.586. The second-order valence-corrected chi connectivity index (χ2v) is 10.3. The Morgan fingerprint density at radius 1 is 1.09 bits per heavy atom. The fourth-order valence-corrected chi connectivity index (χ4v) is 6.18. The zero-order valence-electron chi connectivity index (χ0n) is 19.2. The van der Waals surface area contributed by atoms with Crippen LogP contribution < -0.4 is 10.6 Å². The lowest BCUT2D eigenvalue weighted by Gasteiger charge is -2.33. The van der Waals surface area contributed by atoms with E-state index in [0.717, 1.165) is 28.9 Å². The Hall–Kier alpha value is -3.24. The number of fused-ring (bicyclic) bond motifs is 2. The molecule has 2 aromatic carbocycles. The molecule has 0 aromatic heterocycles. The largest absolute Gasteiger partial charge is 0.325 e. The average Bonchev–Trinajstić information content (AvgIpc) is 3.05. The van der Waals surface area contributed by atoms with Gasteiger partial charge in [0.05, 0.1) is 4.90 Å². The lowest BCUT2D eigenvalue weighted by molar-refractivity contribution is -0.134. The van der Waals surface area contributed by atoms with E-state index in [0.29, 0.717) is 25.2 Å². The number of rotatable bonds is 7. The number of aryl methyl sites for hydroxylation is 1. The number of benzene rings is 2. The Bertz CT molecular complexity index is 1220. The number of sulfonamides is 1. The van der Waals surface area contributed by atoms with E-state index < -0.39 is 40.0 Å². The van der Waals surface area contributed by atoms with Gasteiger partial charge in [-0.2, -0.15) is 4.31 Å². The van der Waals surface area contributed by atoms with Gasteiger partial charge in [-0.3, -0.25) is 14.5 Å². The molecule has 10 heteroatoms. The van der Waals surface area contributed by atoms with Crippen molar-refractivity contribution >= 4 is 33.6 Å². The van der Waals surface area contributed by atoms with Gasteiger partial charge in [-0.15, -0.1) is 0 Å². The Morgan fingerprint density at radius 3 is 2.44 bits per heavy atom. The van der Waals surface area contributed by atoms with Crippen molar-refractivity contribution in [2.75, 3.05) is 25.0 Å². The second kappa shape index (κ2) is 9.19. The number of imide groups is 1. The number of carbonyl (C=O) groups excluding carboxylic acids is 3. The second-order valence-electron chi connectivity index (χ2n) is 8.40. The van der Waals surface area contributed by atoms with Gasteiger partial charge in [0, 0.05) is 18.8 Å². The molecule has 1 spiro atoms. The normalized spacial score (nSPS) is 19.9. The molecule has 9 nitrogen and oxygen atoms in total. The Morgan fingerprint density at radius 2 is 1.76 bits per heavy atom. The zero-order chi connectivity index (χ0) is 24.5. The third-order valence-electron chi connectivity index (χ3n) is 6.43. The number of hydrogen-bond acceptors (Lipinski definition) is 5. The summed E-state index contributed by atoms with van der Waals surface area (Å²) < 4.78 is 26.6. The first kappa shape index (κ1) is 23.9. The zero-order valence-corrected chi connectivity index (χ0v) is 20.0. The molecule has 4 amide bonds. The van der Waals surface area contributed by atoms with E-state index in [9.17, 15) is 22.8 Å². The highest BCUT2D eigenvalue weighted by Gasteiger charge is 2.54. The standard InChI is InChI=1S/C24H28N4O5S/c1-3-27(4-2)34(32,33)19-13-11-18(12-14-19)25-21(29)16-28-22(30)24(26-23(28)31)15-7-9-17-8-5-6-10-20(17)24/h5-6,8,10-14H,3-4,7,9,15-16H2,1-2H3,(H,25,29)(H,26,31)/t24-/m1/s1. The SMILES string of the molecule is CCN(CC)S(=O)(=O)c1ccc(NC(=O)CN2C(=O)N[C@@]3(CCCc4ccccc43)C2=O)cc1. The molecule has 2 aromatic rings. The number of nitrogens with one attached hydrogen (secondary N) is 2. The van der Waals surface area contributed by atoms with Crippen LogP contribution in [0.15, 0.2) is 53.4 Å². The number of nitrogens with zero attached hydrogens (tertiary/aromatic N) is 2. The molecule has 1 aliphatic carbocycles. The van der Waals surface area contributed by atoms with Gasteiger partial charge in [0.15, 0.2) is 0 Å². The summed E-state index contributed by atoms with van der Waals surface area (Å²) in [6, 6.07) is 12.8. The molecule has 2 N–H and O–H groups in total. The lowest BCUT2D eigenvalue weighted by Crippen LogP contribution is -2.47. The van der Waals surface area contributed by atoms with E-state index >= 15 is 0 Å². The Kier molecular flexibility index (Phi) is 6.46. The molecule has 1 saturated heterocycles. The summed E-state index contributed by atoms with van der Waals surface area (Å²) in [7, 11) is -3.61. The third-order valence-corrected chi connectivity index (χ3v) is 8.50. The first-order chi connectivity index (χ1) is 16.2. The summed E-state index contributed by atoms with van der Waals surface area (Å²) in [4.78, 5) is 39.7. The van der Waals surface area contributed by atoms with Crippen molar-refractivity contribution in [2.45, 2.75) is 43.5 Å². The molecule has 0 radical (unpaired) electrons. The fraction of sp³-hybridized carbons (Fsp3) is 0.375. The molecule has 0 saturated carbocycles. The van der Waals surface area contributed by atoms with Gasteiger partial charge >= 0.3 is 6.03 Å². The third kappa shape index (κ3) is 4.07. The first-order valence-corrected chi connectivity index (χ1v) is 12.8. The number of urea groups is 1.